The first kappa shape index (κ1) is 24.8. The fraction of sp³-hybridized carbons (Fsp3) is 0.464. The van der Waals surface area contributed by atoms with E-state index in [0.717, 1.165) is 24.0 Å². The number of carboxylic acid groups (broad SMARTS) is 1. The number of fused-ring (bicyclic) bond motifs is 3. The minimum absolute atomic E-state index is 0.00545. The first-order valence-corrected chi connectivity index (χ1v) is 12.4. The normalized spacial score (nSPS) is 19.6. The number of hydrogen-bond acceptors (Lipinski definition) is 4. The van der Waals surface area contributed by atoms with E-state index in [-0.39, 0.29) is 55.2 Å². The lowest BCUT2D eigenvalue weighted by molar-refractivity contribution is -0.138. The van der Waals surface area contributed by atoms with Gasteiger partial charge in [0.2, 0.25) is 5.91 Å². The van der Waals surface area contributed by atoms with Gasteiger partial charge in [-0.1, -0.05) is 62.4 Å². The van der Waals surface area contributed by atoms with Crippen LogP contribution in [0.4, 0.5) is 4.79 Å². The minimum atomic E-state index is -0.797. The van der Waals surface area contributed by atoms with Gasteiger partial charge in [-0.25, -0.2) is 4.79 Å². The Labute approximate surface area is 206 Å². The maximum Gasteiger partial charge on any atom is 0.407 e. The Balaban J connectivity index is 1.30. The highest BCUT2D eigenvalue weighted by molar-refractivity contribution is 5.80. The molecule has 0 heterocycles. The number of ether oxygens (including phenoxy) is 1. The molecule has 3 atom stereocenters. The van der Waals surface area contributed by atoms with Crippen LogP contribution in [-0.4, -0.2) is 41.8 Å². The summed E-state index contributed by atoms with van der Waals surface area (Å²) in [6.07, 6.45) is 2.05. The number of alkyl carbamates (subject to hydrolysis) is 1. The predicted molar refractivity (Wildman–Crippen MR) is 133 cm³/mol. The van der Waals surface area contributed by atoms with Gasteiger partial charge in [0.25, 0.3) is 0 Å². The van der Waals surface area contributed by atoms with E-state index < -0.39 is 12.1 Å². The van der Waals surface area contributed by atoms with Crippen LogP contribution >= 0.6 is 0 Å². The molecule has 2 aromatic carbocycles. The second-order valence-corrected chi connectivity index (χ2v) is 10.1. The van der Waals surface area contributed by atoms with Crippen molar-refractivity contribution in [2.45, 2.75) is 64.0 Å². The highest BCUT2D eigenvalue weighted by Crippen LogP contribution is 2.44. The lowest BCUT2D eigenvalue weighted by Crippen LogP contribution is -2.44. The maximum absolute atomic E-state index is 12.7. The van der Waals surface area contributed by atoms with Crippen LogP contribution < -0.4 is 10.6 Å². The maximum atomic E-state index is 12.7. The standard InChI is InChI=1S/C28H34N2O5/c1-17(2)25(15-26(31)29-19-12-11-18(13-19)14-27(32)33)30-28(34)35-16-24-22-9-5-3-7-20(22)21-8-4-6-10-23(21)24/h3-10,17-19,24-25H,11-16H2,1-2H3,(H,29,31)(H,30,34)(H,32,33)/t18-,19+,25?/m0/s1. The molecule has 7 nitrogen and oxygen atoms in total. The Kier molecular flexibility index (Phi) is 7.73. The van der Waals surface area contributed by atoms with Crippen molar-refractivity contribution in [3.05, 3.63) is 59.7 Å². The number of amides is 2. The molecule has 1 saturated carbocycles. The van der Waals surface area contributed by atoms with Gasteiger partial charge in [-0.2, -0.15) is 0 Å². The van der Waals surface area contributed by atoms with Crippen LogP contribution in [0.3, 0.4) is 0 Å². The molecule has 2 amide bonds. The molecule has 3 N–H and O–H groups in total. The molecule has 1 fully saturated rings. The van der Waals surface area contributed by atoms with Crippen LogP contribution in [0.1, 0.15) is 63.0 Å². The fourth-order valence-corrected chi connectivity index (χ4v) is 5.37. The smallest absolute Gasteiger partial charge is 0.407 e. The Morgan fingerprint density at radius 2 is 1.63 bits per heavy atom. The first-order valence-electron chi connectivity index (χ1n) is 12.4. The monoisotopic (exact) mass is 478 g/mol. The molecule has 0 aromatic heterocycles. The molecule has 0 bridgehead atoms. The Bertz CT molecular complexity index is 1040. The van der Waals surface area contributed by atoms with Gasteiger partial charge in [0.05, 0.1) is 0 Å². The van der Waals surface area contributed by atoms with Gasteiger partial charge < -0.3 is 20.5 Å². The zero-order valence-corrected chi connectivity index (χ0v) is 20.3. The third-order valence-corrected chi connectivity index (χ3v) is 7.23. The Morgan fingerprint density at radius 3 is 2.23 bits per heavy atom. The van der Waals surface area contributed by atoms with E-state index in [4.69, 9.17) is 9.84 Å². The van der Waals surface area contributed by atoms with Crippen molar-refractivity contribution in [1.82, 2.24) is 10.6 Å². The fourth-order valence-electron chi connectivity index (χ4n) is 5.37. The van der Waals surface area contributed by atoms with Gasteiger partial charge in [-0.3, -0.25) is 9.59 Å². The van der Waals surface area contributed by atoms with Crippen LogP contribution in [0.25, 0.3) is 11.1 Å². The van der Waals surface area contributed by atoms with E-state index in [1.807, 2.05) is 38.1 Å². The van der Waals surface area contributed by atoms with E-state index in [9.17, 15) is 14.4 Å². The molecule has 4 rings (SSSR count). The number of aliphatic carboxylic acids is 1. The Morgan fingerprint density at radius 1 is 1.00 bits per heavy atom. The number of carboxylic acids is 1. The van der Waals surface area contributed by atoms with Crippen LogP contribution in [0.15, 0.2) is 48.5 Å². The van der Waals surface area contributed by atoms with Crippen molar-refractivity contribution in [2.24, 2.45) is 11.8 Å². The van der Waals surface area contributed by atoms with Crippen LogP contribution in [0.2, 0.25) is 0 Å². The lowest BCUT2D eigenvalue weighted by Gasteiger charge is -2.23. The van der Waals surface area contributed by atoms with Gasteiger partial charge >= 0.3 is 12.1 Å². The van der Waals surface area contributed by atoms with Gasteiger partial charge in [0.1, 0.15) is 6.61 Å². The third kappa shape index (κ3) is 6.02. The van der Waals surface area contributed by atoms with E-state index in [1.165, 1.54) is 11.1 Å². The second-order valence-electron chi connectivity index (χ2n) is 10.1. The minimum Gasteiger partial charge on any atom is -0.481 e. The van der Waals surface area contributed by atoms with Crippen molar-refractivity contribution in [2.75, 3.05) is 6.61 Å². The average Bonchev–Trinajstić information content (AvgIpc) is 3.38. The number of nitrogens with one attached hydrogen (secondary N) is 2. The van der Waals surface area contributed by atoms with Crippen molar-refractivity contribution in [3.63, 3.8) is 0 Å². The molecule has 0 saturated heterocycles. The Hall–Kier alpha value is -3.35. The van der Waals surface area contributed by atoms with Gasteiger partial charge in [0, 0.05) is 30.8 Å². The summed E-state index contributed by atoms with van der Waals surface area (Å²) in [7, 11) is 0. The predicted octanol–water partition coefficient (Wildman–Crippen LogP) is 4.70. The van der Waals surface area contributed by atoms with Crippen LogP contribution in [0.5, 0.6) is 0 Å². The molecule has 0 radical (unpaired) electrons. The van der Waals surface area contributed by atoms with E-state index in [2.05, 4.69) is 34.9 Å². The zero-order valence-electron chi connectivity index (χ0n) is 20.3. The highest BCUT2D eigenvalue weighted by atomic mass is 16.5. The summed E-state index contributed by atoms with van der Waals surface area (Å²) < 4.78 is 5.65. The average molecular weight is 479 g/mol. The molecular formula is C28H34N2O5. The molecule has 1 unspecified atom stereocenters. The molecule has 35 heavy (non-hydrogen) atoms. The molecule has 186 valence electrons. The first-order chi connectivity index (χ1) is 16.8. The molecule has 0 spiro atoms. The van der Waals surface area contributed by atoms with Gasteiger partial charge in [-0.15, -0.1) is 0 Å². The summed E-state index contributed by atoms with van der Waals surface area (Å²) in [5.74, 6) is -0.796. The number of hydrogen-bond donors (Lipinski definition) is 3. The van der Waals surface area contributed by atoms with Crippen molar-refractivity contribution in [3.8, 4) is 11.1 Å². The summed E-state index contributed by atoms with van der Waals surface area (Å²) in [6.45, 7) is 4.14. The second kappa shape index (κ2) is 10.9. The number of carbonyl (C=O) groups excluding carboxylic acids is 2. The van der Waals surface area contributed by atoms with Crippen molar-refractivity contribution < 1.29 is 24.2 Å². The van der Waals surface area contributed by atoms with Gasteiger partial charge in [-0.05, 0) is 53.4 Å². The van der Waals surface area contributed by atoms with Gasteiger partial charge in [0.15, 0.2) is 0 Å². The molecule has 0 aliphatic heterocycles. The summed E-state index contributed by atoms with van der Waals surface area (Å²) in [6, 6.07) is 16.0. The van der Waals surface area contributed by atoms with Crippen LogP contribution in [0, 0.1) is 11.8 Å². The summed E-state index contributed by atoms with van der Waals surface area (Å²) in [5.41, 5.74) is 4.65. The molecule has 2 aliphatic carbocycles. The molecule has 7 heteroatoms. The molecule has 2 aromatic rings. The number of rotatable bonds is 9. The quantitative estimate of drug-likeness (QED) is 0.485. The molecular weight excluding hydrogens is 444 g/mol. The number of benzene rings is 2. The summed E-state index contributed by atoms with van der Waals surface area (Å²) >= 11 is 0. The number of carbonyl (C=O) groups is 3. The summed E-state index contributed by atoms with van der Waals surface area (Å²) in [5, 5.41) is 14.9. The van der Waals surface area contributed by atoms with E-state index in [1.54, 1.807) is 0 Å². The van der Waals surface area contributed by atoms with E-state index >= 15 is 0 Å². The SMILES string of the molecule is CC(C)C(CC(=O)N[C@@H]1CC[C@H](CC(=O)O)C1)NC(=O)OCC1c2ccccc2-c2ccccc21. The third-order valence-electron chi connectivity index (χ3n) is 7.23. The largest absolute Gasteiger partial charge is 0.481 e. The summed E-state index contributed by atoms with van der Waals surface area (Å²) in [4.78, 5) is 36.3. The topological polar surface area (TPSA) is 105 Å². The highest BCUT2D eigenvalue weighted by Gasteiger charge is 2.31. The van der Waals surface area contributed by atoms with Crippen LogP contribution in [-0.2, 0) is 14.3 Å². The van der Waals surface area contributed by atoms with Crippen molar-refractivity contribution in [1.29, 1.82) is 0 Å². The lowest BCUT2D eigenvalue weighted by atomic mass is 9.98. The zero-order chi connectivity index (χ0) is 24.9. The van der Waals surface area contributed by atoms with E-state index in [0.29, 0.717) is 6.42 Å². The molecule has 2 aliphatic rings. The van der Waals surface area contributed by atoms with Crippen molar-refractivity contribution >= 4 is 18.0 Å².